The molecule has 1 aromatic rings. The Morgan fingerprint density at radius 1 is 1.57 bits per heavy atom. The fourth-order valence-corrected chi connectivity index (χ4v) is 2.56. The van der Waals surface area contributed by atoms with E-state index in [2.05, 4.69) is 10.4 Å². The van der Waals surface area contributed by atoms with Gasteiger partial charge in [-0.05, 0) is 20.5 Å². The van der Waals surface area contributed by atoms with E-state index >= 15 is 0 Å². The molecular formula is C14H23ClN4O2. The van der Waals surface area contributed by atoms with Gasteiger partial charge in [-0.1, -0.05) is 25.4 Å². The molecule has 21 heavy (non-hydrogen) atoms. The molecule has 1 aromatic heterocycles. The Kier molecular flexibility index (Phi) is 4.60. The zero-order valence-electron chi connectivity index (χ0n) is 12.9. The van der Waals surface area contributed by atoms with E-state index in [9.17, 15) is 9.90 Å². The van der Waals surface area contributed by atoms with Crippen molar-refractivity contribution in [2.24, 2.45) is 5.41 Å². The van der Waals surface area contributed by atoms with Gasteiger partial charge in [0, 0.05) is 18.0 Å². The molecule has 0 saturated heterocycles. The number of nitrogens with one attached hydrogen (secondary N) is 1. The summed E-state index contributed by atoms with van der Waals surface area (Å²) in [4.78, 5) is 14.2. The summed E-state index contributed by atoms with van der Waals surface area (Å²) in [5, 5.41) is 17.3. The van der Waals surface area contributed by atoms with Gasteiger partial charge in [0.2, 0.25) is 0 Å². The van der Waals surface area contributed by atoms with Crippen LogP contribution in [0.25, 0.3) is 0 Å². The van der Waals surface area contributed by atoms with Crippen molar-refractivity contribution >= 4 is 17.3 Å². The molecule has 1 heterocycles. The smallest absolute Gasteiger partial charge is 0.287 e. The number of likely N-dealkylation sites (N-methyl/N-ethyl adjacent to an activating group) is 1. The summed E-state index contributed by atoms with van der Waals surface area (Å²) in [5.74, 6) is 0. The average Bonchev–Trinajstić information content (AvgIpc) is 2.42. The van der Waals surface area contributed by atoms with Crippen molar-refractivity contribution in [3.8, 4) is 0 Å². The van der Waals surface area contributed by atoms with E-state index in [1.54, 1.807) is 6.20 Å². The Hall–Kier alpha value is -1.11. The highest BCUT2D eigenvalue weighted by Gasteiger charge is 2.47. The topological polar surface area (TPSA) is 70.4 Å². The summed E-state index contributed by atoms with van der Waals surface area (Å²) < 4.78 is 1.37. The lowest BCUT2D eigenvalue weighted by Gasteiger charge is -2.49. The SMILES string of the molecule is CN(C)CCn1ncc(NC2CC(O)C2(C)C)c(Cl)c1=O. The lowest BCUT2D eigenvalue weighted by molar-refractivity contribution is -0.0510. The number of anilines is 1. The van der Waals surface area contributed by atoms with Crippen LogP contribution in [0.1, 0.15) is 20.3 Å². The van der Waals surface area contributed by atoms with Gasteiger partial charge in [-0.25, -0.2) is 4.68 Å². The summed E-state index contributed by atoms with van der Waals surface area (Å²) in [6.45, 7) is 5.19. The van der Waals surface area contributed by atoms with Gasteiger partial charge in [0.1, 0.15) is 5.02 Å². The van der Waals surface area contributed by atoms with E-state index in [4.69, 9.17) is 11.6 Å². The van der Waals surface area contributed by atoms with E-state index in [0.717, 1.165) is 6.54 Å². The molecule has 0 aliphatic heterocycles. The second kappa shape index (κ2) is 5.94. The van der Waals surface area contributed by atoms with Gasteiger partial charge in [0.25, 0.3) is 5.56 Å². The van der Waals surface area contributed by atoms with Crippen molar-refractivity contribution in [3.05, 3.63) is 21.6 Å². The summed E-state index contributed by atoms with van der Waals surface area (Å²) in [7, 11) is 3.87. The molecule has 7 heteroatoms. The largest absolute Gasteiger partial charge is 0.392 e. The second-order valence-electron chi connectivity index (χ2n) is 6.47. The second-order valence-corrected chi connectivity index (χ2v) is 6.85. The molecule has 6 nitrogen and oxygen atoms in total. The normalized spacial score (nSPS) is 24.0. The first-order valence-corrected chi connectivity index (χ1v) is 7.46. The summed E-state index contributed by atoms with van der Waals surface area (Å²) in [5.41, 5.74) is 0.0114. The number of aromatic nitrogens is 2. The summed E-state index contributed by atoms with van der Waals surface area (Å²) in [6, 6.07) is 0.0869. The van der Waals surface area contributed by atoms with E-state index in [-0.39, 0.29) is 28.1 Å². The predicted octanol–water partition coefficient (Wildman–Crippen LogP) is 1.03. The average molecular weight is 315 g/mol. The molecule has 0 spiro atoms. The van der Waals surface area contributed by atoms with E-state index in [0.29, 0.717) is 18.7 Å². The molecule has 2 rings (SSSR count). The molecule has 0 bridgehead atoms. The van der Waals surface area contributed by atoms with E-state index in [1.807, 2.05) is 32.8 Å². The van der Waals surface area contributed by atoms with E-state index < -0.39 is 0 Å². The molecule has 1 saturated carbocycles. The number of aliphatic hydroxyl groups excluding tert-OH is 1. The zero-order valence-corrected chi connectivity index (χ0v) is 13.7. The molecule has 2 unspecified atom stereocenters. The van der Waals surface area contributed by atoms with Crippen molar-refractivity contribution in [3.63, 3.8) is 0 Å². The molecule has 1 aliphatic rings. The monoisotopic (exact) mass is 314 g/mol. The molecule has 1 aliphatic carbocycles. The van der Waals surface area contributed by atoms with Crippen LogP contribution in [0.5, 0.6) is 0 Å². The lowest BCUT2D eigenvalue weighted by atomic mass is 9.64. The Balaban J connectivity index is 2.12. The molecule has 1 fully saturated rings. The highest BCUT2D eigenvalue weighted by molar-refractivity contribution is 6.32. The summed E-state index contributed by atoms with van der Waals surface area (Å²) >= 11 is 6.16. The number of rotatable bonds is 5. The molecule has 118 valence electrons. The maximum Gasteiger partial charge on any atom is 0.287 e. The van der Waals surface area contributed by atoms with Gasteiger partial charge in [0.15, 0.2) is 0 Å². The van der Waals surface area contributed by atoms with Crippen molar-refractivity contribution in [2.75, 3.05) is 26.0 Å². The van der Waals surface area contributed by atoms with Crippen LogP contribution in [0.15, 0.2) is 11.0 Å². The van der Waals surface area contributed by atoms with Crippen molar-refractivity contribution in [2.45, 2.75) is 39.0 Å². The van der Waals surface area contributed by atoms with E-state index in [1.165, 1.54) is 4.68 Å². The molecule has 2 atom stereocenters. The third-order valence-corrected chi connectivity index (χ3v) is 4.65. The van der Waals surface area contributed by atoms with Crippen LogP contribution in [-0.2, 0) is 6.54 Å². The molecule has 0 aromatic carbocycles. The summed E-state index contributed by atoms with van der Waals surface area (Å²) in [6.07, 6.45) is 1.90. The van der Waals surface area contributed by atoms with Crippen LogP contribution in [0, 0.1) is 5.41 Å². The molecule has 0 radical (unpaired) electrons. The molecular weight excluding hydrogens is 292 g/mol. The van der Waals surface area contributed by atoms with Gasteiger partial charge in [0.05, 0.1) is 24.5 Å². The number of aliphatic hydroxyl groups is 1. The number of hydrogen-bond acceptors (Lipinski definition) is 5. The number of hydrogen-bond donors (Lipinski definition) is 2. The van der Waals surface area contributed by atoms with Crippen LogP contribution in [0.3, 0.4) is 0 Å². The fraction of sp³-hybridized carbons (Fsp3) is 0.714. The van der Waals surface area contributed by atoms with Crippen molar-refractivity contribution in [1.29, 1.82) is 0 Å². The Morgan fingerprint density at radius 3 is 2.76 bits per heavy atom. The maximum atomic E-state index is 12.2. The van der Waals surface area contributed by atoms with Crippen molar-refractivity contribution < 1.29 is 5.11 Å². The van der Waals surface area contributed by atoms with Gasteiger partial charge >= 0.3 is 0 Å². The number of halogens is 1. The minimum atomic E-state index is -0.331. The van der Waals surface area contributed by atoms with Crippen LogP contribution >= 0.6 is 11.6 Å². The lowest BCUT2D eigenvalue weighted by Crippen LogP contribution is -2.57. The highest BCUT2D eigenvalue weighted by Crippen LogP contribution is 2.42. The Morgan fingerprint density at radius 2 is 2.24 bits per heavy atom. The third kappa shape index (κ3) is 3.22. The van der Waals surface area contributed by atoms with Crippen LogP contribution in [0.2, 0.25) is 5.02 Å². The minimum Gasteiger partial charge on any atom is -0.392 e. The first kappa shape index (κ1) is 16.3. The van der Waals surface area contributed by atoms with Crippen LogP contribution < -0.4 is 10.9 Å². The van der Waals surface area contributed by atoms with Gasteiger partial charge < -0.3 is 15.3 Å². The first-order valence-electron chi connectivity index (χ1n) is 7.08. The maximum absolute atomic E-state index is 12.2. The highest BCUT2D eigenvalue weighted by atomic mass is 35.5. The number of nitrogens with zero attached hydrogens (tertiary/aromatic N) is 3. The van der Waals surface area contributed by atoms with Gasteiger partial charge in [-0.3, -0.25) is 4.79 Å². The minimum absolute atomic E-state index is 0.0869. The predicted molar refractivity (Wildman–Crippen MR) is 83.9 cm³/mol. The van der Waals surface area contributed by atoms with Gasteiger partial charge in [-0.15, -0.1) is 0 Å². The fourth-order valence-electron chi connectivity index (χ4n) is 2.35. The first-order chi connectivity index (χ1) is 9.73. The Labute approximate surface area is 129 Å². The van der Waals surface area contributed by atoms with Crippen LogP contribution in [-0.4, -0.2) is 52.6 Å². The van der Waals surface area contributed by atoms with Crippen molar-refractivity contribution in [1.82, 2.24) is 14.7 Å². The third-order valence-electron chi connectivity index (χ3n) is 4.29. The standard InChI is InChI=1S/C14H23ClN4O2/c1-14(2)10(7-11(14)20)17-9-8-16-19(6-5-18(3)4)13(21)12(9)15/h8,10-11,17,20H,5-7H2,1-4H3. The zero-order chi connectivity index (χ0) is 15.8. The quantitative estimate of drug-likeness (QED) is 0.849. The van der Waals surface area contributed by atoms with Crippen LogP contribution in [0.4, 0.5) is 5.69 Å². The molecule has 2 N–H and O–H groups in total. The molecule has 0 amide bonds. The Bertz CT molecular complexity index is 571. The van der Waals surface area contributed by atoms with Gasteiger partial charge in [-0.2, -0.15) is 5.10 Å².